The van der Waals surface area contributed by atoms with E-state index in [0.29, 0.717) is 22.7 Å². The van der Waals surface area contributed by atoms with Crippen molar-refractivity contribution in [2.45, 2.75) is 6.92 Å². The van der Waals surface area contributed by atoms with Crippen LogP contribution in [0.1, 0.15) is 5.56 Å². The molecular formula is C14H10ClFN2O. The molecule has 0 fully saturated rings. The van der Waals surface area contributed by atoms with Gasteiger partial charge in [0.2, 0.25) is 5.89 Å². The van der Waals surface area contributed by atoms with Crippen LogP contribution < -0.4 is 5.73 Å². The Morgan fingerprint density at radius 3 is 2.79 bits per heavy atom. The van der Waals surface area contributed by atoms with Gasteiger partial charge in [-0.2, -0.15) is 0 Å². The average molecular weight is 277 g/mol. The Bertz CT molecular complexity index is 782. The van der Waals surface area contributed by atoms with Crippen LogP contribution in [-0.2, 0) is 0 Å². The van der Waals surface area contributed by atoms with Crippen molar-refractivity contribution >= 4 is 28.4 Å². The van der Waals surface area contributed by atoms with Crippen molar-refractivity contribution < 1.29 is 8.81 Å². The van der Waals surface area contributed by atoms with Gasteiger partial charge in [-0.15, -0.1) is 0 Å². The van der Waals surface area contributed by atoms with Gasteiger partial charge in [0.05, 0.1) is 5.02 Å². The molecule has 0 atom stereocenters. The van der Waals surface area contributed by atoms with Crippen molar-refractivity contribution in [3.8, 4) is 11.5 Å². The molecule has 0 saturated heterocycles. The third-order valence-corrected chi connectivity index (χ3v) is 3.22. The molecule has 0 amide bonds. The maximum Gasteiger partial charge on any atom is 0.227 e. The molecular weight excluding hydrogens is 267 g/mol. The SMILES string of the molecule is Cc1ccc(-c2nc3cc(F)cc(Cl)c3o2)cc1N. The molecule has 0 radical (unpaired) electrons. The number of nitrogens with zero attached hydrogens (tertiary/aromatic N) is 1. The fourth-order valence-corrected chi connectivity index (χ4v) is 2.10. The average Bonchev–Trinajstić information content (AvgIpc) is 2.76. The first-order chi connectivity index (χ1) is 9.04. The topological polar surface area (TPSA) is 52.0 Å². The Labute approximate surface area is 113 Å². The number of rotatable bonds is 1. The first-order valence-corrected chi connectivity index (χ1v) is 6.04. The van der Waals surface area contributed by atoms with Gasteiger partial charge in [-0.1, -0.05) is 17.7 Å². The van der Waals surface area contributed by atoms with Crippen LogP contribution in [0.25, 0.3) is 22.6 Å². The first kappa shape index (κ1) is 12.0. The summed E-state index contributed by atoms with van der Waals surface area (Å²) in [4.78, 5) is 4.23. The van der Waals surface area contributed by atoms with Crippen molar-refractivity contribution in [1.82, 2.24) is 4.98 Å². The quantitative estimate of drug-likeness (QED) is 0.678. The molecule has 1 aromatic heterocycles. The molecule has 1 heterocycles. The second kappa shape index (κ2) is 4.24. The molecule has 0 spiro atoms. The van der Waals surface area contributed by atoms with Gasteiger partial charge in [0.15, 0.2) is 5.58 Å². The molecule has 0 saturated carbocycles. The summed E-state index contributed by atoms with van der Waals surface area (Å²) in [5.41, 5.74) is 8.97. The van der Waals surface area contributed by atoms with E-state index in [1.54, 1.807) is 6.07 Å². The minimum atomic E-state index is -0.444. The van der Waals surface area contributed by atoms with Gasteiger partial charge >= 0.3 is 0 Å². The minimum Gasteiger partial charge on any atom is -0.435 e. The number of anilines is 1. The predicted octanol–water partition coefficient (Wildman–Crippen LogP) is 4.18. The highest BCUT2D eigenvalue weighted by Gasteiger charge is 2.13. The molecule has 3 nitrogen and oxygen atoms in total. The minimum absolute atomic E-state index is 0.203. The summed E-state index contributed by atoms with van der Waals surface area (Å²) < 4.78 is 18.8. The van der Waals surface area contributed by atoms with E-state index >= 15 is 0 Å². The summed E-state index contributed by atoms with van der Waals surface area (Å²) in [5, 5.41) is 0.203. The number of hydrogen-bond donors (Lipinski definition) is 1. The molecule has 2 N–H and O–H groups in total. The Kier molecular flexibility index (Phi) is 2.68. The van der Waals surface area contributed by atoms with Crippen molar-refractivity contribution in [2.75, 3.05) is 5.73 Å². The van der Waals surface area contributed by atoms with Crippen LogP contribution in [0, 0.1) is 12.7 Å². The van der Waals surface area contributed by atoms with Crippen LogP contribution in [0.2, 0.25) is 5.02 Å². The summed E-state index contributed by atoms with van der Waals surface area (Å²) in [6.07, 6.45) is 0. The van der Waals surface area contributed by atoms with Crippen molar-refractivity contribution in [3.63, 3.8) is 0 Å². The van der Waals surface area contributed by atoms with Crippen LogP contribution >= 0.6 is 11.6 Å². The van der Waals surface area contributed by atoms with E-state index in [2.05, 4.69) is 4.98 Å². The Morgan fingerprint density at radius 1 is 1.26 bits per heavy atom. The highest BCUT2D eigenvalue weighted by molar-refractivity contribution is 6.34. The molecule has 3 aromatic rings. The number of nitrogens with two attached hydrogens (primary N) is 1. The second-order valence-corrected chi connectivity index (χ2v) is 4.73. The first-order valence-electron chi connectivity index (χ1n) is 5.66. The Morgan fingerprint density at radius 2 is 2.05 bits per heavy atom. The highest BCUT2D eigenvalue weighted by Crippen LogP contribution is 2.31. The lowest BCUT2D eigenvalue weighted by atomic mass is 10.1. The van der Waals surface area contributed by atoms with Crippen LogP contribution in [-0.4, -0.2) is 4.98 Å². The standard InChI is InChI=1S/C14H10ClFN2O/c1-7-2-3-8(4-11(7)17)14-18-12-6-9(16)5-10(15)13(12)19-14/h2-6H,17H2,1H3. The van der Waals surface area contributed by atoms with E-state index in [4.69, 9.17) is 21.8 Å². The van der Waals surface area contributed by atoms with E-state index in [1.807, 2.05) is 19.1 Å². The number of hydrogen-bond acceptors (Lipinski definition) is 3. The van der Waals surface area contributed by atoms with E-state index in [-0.39, 0.29) is 5.02 Å². The third kappa shape index (κ3) is 2.04. The van der Waals surface area contributed by atoms with Gasteiger partial charge in [0.1, 0.15) is 11.3 Å². The zero-order valence-corrected chi connectivity index (χ0v) is 10.8. The molecule has 2 aromatic carbocycles. The number of aromatic nitrogens is 1. The van der Waals surface area contributed by atoms with Gasteiger partial charge in [-0.3, -0.25) is 0 Å². The fourth-order valence-electron chi connectivity index (χ4n) is 1.86. The molecule has 19 heavy (non-hydrogen) atoms. The smallest absolute Gasteiger partial charge is 0.227 e. The molecule has 0 unspecified atom stereocenters. The van der Waals surface area contributed by atoms with Crippen LogP contribution in [0.15, 0.2) is 34.7 Å². The molecule has 96 valence electrons. The summed E-state index contributed by atoms with van der Waals surface area (Å²) in [6.45, 7) is 1.91. The lowest BCUT2D eigenvalue weighted by Crippen LogP contribution is -1.89. The Balaban J connectivity index is 2.20. The second-order valence-electron chi connectivity index (χ2n) is 4.33. The maximum absolute atomic E-state index is 13.2. The number of oxazole rings is 1. The molecule has 0 aliphatic rings. The van der Waals surface area contributed by atoms with Gasteiger partial charge in [-0.05, 0) is 30.7 Å². The van der Waals surface area contributed by atoms with Gasteiger partial charge in [-0.25, -0.2) is 9.37 Å². The Hall–Kier alpha value is -2.07. The lowest BCUT2D eigenvalue weighted by molar-refractivity contribution is 0.614. The van der Waals surface area contributed by atoms with Crippen LogP contribution in [0.4, 0.5) is 10.1 Å². The monoisotopic (exact) mass is 276 g/mol. The van der Waals surface area contributed by atoms with E-state index < -0.39 is 5.82 Å². The van der Waals surface area contributed by atoms with E-state index in [9.17, 15) is 4.39 Å². The van der Waals surface area contributed by atoms with Crippen LogP contribution in [0.5, 0.6) is 0 Å². The van der Waals surface area contributed by atoms with Crippen LogP contribution in [0.3, 0.4) is 0 Å². The summed E-state index contributed by atoms with van der Waals surface area (Å²) in [7, 11) is 0. The summed E-state index contributed by atoms with van der Waals surface area (Å²) in [5.74, 6) is -0.0741. The van der Waals surface area contributed by atoms with Crippen molar-refractivity contribution in [1.29, 1.82) is 0 Å². The third-order valence-electron chi connectivity index (χ3n) is 2.94. The summed E-state index contributed by atoms with van der Waals surface area (Å²) >= 11 is 5.92. The largest absolute Gasteiger partial charge is 0.435 e. The number of fused-ring (bicyclic) bond motifs is 1. The number of benzene rings is 2. The molecule has 0 aliphatic heterocycles. The van der Waals surface area contributed by atoms with Crippen molar-refractivity contribution in [2.24, 2.45) is 0 Å². The molecule has 0 bridgehead atoms. The molecule has 5 heteroatoms. The fraction of sp³-hybridized carbons (Fsp3) is 0.0714. The van der Waals surface area contributed by atoms with E-state index in [1.165, 1.54) is 12.1 Å². The summed E-state index contributed by atoms with van der Waals surface area (Å²) in [6, 6.07) is 7.97. The maximum atomic E-state index is 13.2. The van der Waals surface area contributed by atoms with Gasteiger partial charge in [0, 0.05) is 17.3 Å². The highest BCUT2D eigenvalue weighted by atomic mass is 35.5. The van der Waals surface area contributed by atoms with Gasteiger partial charge < -0.3 is 10.2 Å². The number of aryl methyl sites for hydroxylation is 1. The lowest BCUT2D eigenvalue weighted by Gasteiger charge is -2.01. The zero-order valence-electron chi connectivity index (χ0n) is 10.1. The predicted molar refractivity (Wildman–Crippen MR) is 73.6 cm³/mol. The number of nitrogen functional groups attached to an aromatic ring is 1. The zero-order chi connectivity index (χ0) is 13.6. The molecule has 3 rings (SSSR count). The van der Waals surface area contributed by atoms with Crippen molar-refractivity contribution in [3.05, 3.63) is 46.7 Å². The van der Waals surface area contributed by atoms with E-state index in [0.717, 1.165) is 11.1 Å². The molecule has 0 aliphatic carbocycles. The normalized spacial score (nSPS) is 11.1. The van der Waals surface area contributed by atoms with Gasteiger partial charge in [0.25, 0.3) is 0 Å². The number of halogens is 2.